The summed E-state index contributed by atoms with van der Waals surface area (Å²) in [7, 11) is 0. The van der Waals surface area contributed by atoms with Crippen molar-refractivity contribution in [3.8, 4) is 0 Å². The van der Waals surface area contributed by atoms with Gasteiger partial charge in [-0.25, -0.2) is 0 Å². The van der Waals surface area contributed by atoms with Crippen LogP contribution in [0.2, 0.25) is 0 Å². The van der Waals surface area contributed by atoms with Gasteiger partial charge in [-0.2, -0.15) is 0 Å². The predicted octanol–water partition coefficient (Wildman–Crippen LogP) is 2.57. The van der Waals surface area contributed by atoms with Crippen LogP contribution >= 0.6 is 33.9 Å². The van der Waals surface area contributed by atoms with Crippen molar-refractivity contribution in [3.63, 3.8) is 0 Å². The first kappa shape index (κ1) is 18.4. The smallest absolute Gasteiger partial charge is 0.325 e. The molecule has 0 unspecified atom stereocenters. The van der Waals surface area contributed by atoms with Gasteiger partial charge in [-0.05, 0) is 65.9 Å². The molecule has 0 aliphatic carbocycles. The van der Waals surface area contributed by atoms with Gasteiger partial charge in [0.1, 0.15) is 6.54 Å². The molecule has 2 rings (SSSR count). The van der Waals surface area contributed by atoms with E-state index in [9.17, 15) is 14.4 Å². The molecule has 126 valence electrons. The van der Waals surface area contributed by atoms with Crippen molar-refractivity contribution >= 4 is 57.4 Å². The third kappa shape index (κ3) is 5.93. The SMILES string of the molecule is Cc1ccc(C(=O)NCC(=O)OCC(=O)Nc2ccc(I)cc2)s1. The number of ether oxygens (including phenoxy) is 1. The molecule has 0 saturated carbocycles. The van der Waals surface area contributed by atoms with Gasteiger partial charge in [0.15, 0.2) is 6.61 Å². The molecule has 0 spiro atoms. The molecule has 24 heavy (non-hydrogen) atoms. The van der Waals surface area contributed by atoms with Gasteiger partial charge >= 0.3 is 5.97 Å². The number of carbonyl (C=O) groups excluding carboxylic acids is 3. The first-order valence-electron chi connectivity index (χ1n) is 7.00. The molecule has 0 saturated heterocycles. The van der Waals surface area contributed by atoms with Crippen LogP contribution in [0.5, 0.6) is 0 Å². The number of nitrogens with one attached hydrogen (secondary N) is 2. The van der Waals surface area contributed by atoms with Crippen molar-refractivity contribution in [2.45, 2.75) is 6.92 Å². The average molecular weight is 458 g/mol. The molecule has 1 aromatic heterocycles. The summed E-state index contributed by atoms with van der Waals surface area (Å²) in [6.07, 6.45) is 0. The largest absolute Gasteiger partial charge is 0.454 e. The van der Waals surface area contributed by atoms with E-state index in [-0.39, 0.29) is 12.5 Å². The second-order valence-electron chi connectivity index (χ2n) is 4.81. The highest BCUT2D eigenvalue weighted by molar-refractivity contribution is 14.1. The zero-order chi connectivity index (χ0) is 17.5. The van der Waals surface area contributed by atoms with Gasteiger partial charge in [0.05, 0.1) is 4.88 Å². The van der Waals surface area contributed by atoms with Gasteiger partial charge in [-0.3, -0.25) is 14.4 Å². The molecular weight excluding hydrogens is 443 g/mol. The highest BCUT2D eigenvalue weighted by Crippen LogP contribution is 2.14. The van der Waals surface area contributed by atoms with Crippen molar-refractivity contribution in [1.82, 2.24) is 5.32 Å². The van der Waals surface area contributed by atoms with E-state index < -0.39 is 18.5 Å². The fourth-order valence-electron chi connectivity index (χ4n) is 1.72. The van der Waals surface area contributed by atoms with Crippen LogP contribution in [-0.4, -0.2) is 30.9 Å². The van der Waals surface area contributed by atoms with Crippen molar-refractivity contribution in [3.05, 3.63) is 49.7 Å². The molecular formula is C16H15IN2O4S. The number of esters is 1. The zero-order valence-electron chi connectivity index (χ0n) is 12.8. The number of rotatable bonds is 6. The number of halogens is 1. The Kier molecular flexibility index (Phi) is 6.73. The Morgan fingerprint density at radius 2 is 1.83 bits per heavy atom. The Morgan fingerprint density at radius 1 is 1.12 bits per heavy atom. The summed E-state index contributed by atoms with van der Waals surface area (Å²) in [5, 5.41) is 5.07. The average Bonchev–Trinajstić information content (AvgIpc) is 2.99. The number of anilines is 1. The maximum atomic E-state index is 11.8. The van der Waals surface area contributed by atoms with Gasteiger partial charge in [0, 0.05) is 14.1 Å². The fraction of sp³-hybridized carbons (Fsp3) is 0.188. The van der Waals surface area contributed by atoms with E-state index in [1.165, 1.54) is 11.3 Å². The number of benzene rings is 1. The predicted molar refractivity (Wildman–Crippen MR) is 100 cm³/mol. The Morgan fingerprint density at radius 3 is 2.46 bits per heavy atom. The molecule has 0 aliphatic heterocycles. The Bertz CT molecular complexity index is 743. The van der Waals surface area contributed by atoms with Gasteiger partial charge < -0.3 is 15.4 Å². The van der Waals surface area contributed by atoms with Gasteiger partial charge in [-0.15, -0.1) is 11.3 Å². The summed E-state index contributed by atoms with van der Waals surface area (Å²) in [4.78, 5) is 36.6. The first-order valence-corrected chi connectivity index (χ1v) is 8.89. The zero-order valence-corrected chi connectivity index (χ0v) is 15.8. The summed E-state index contributed by atoms with van der Waals surface area (Å²) < 4.78 is 5.88. The van der Waals surface area contributed by atoms with E-state index in [4.69, 9.17) is 4.74 Å². The third-order valence-corrected chi connectivity index (χ3v) is 4.57. The molecule has 0 aliphatic rings. The van der Waals surface area contributed by atoms with E-state index in [0.29, 0.717) is 10.6 Å². The molecule has 8 heteroatoms. The summed E-state index contributed by atoms with van der Waals surface area (Å²) in [5.41, 5.74) is 0.623. The molecule has 0 fully saturated rings. The number of carbonyl (C=O) groups is 3. The number of thiophene rings is 1. The monoisotopic (exact) mass is 458 g/mol. The highest BCUT2D eigenvalue weighted by atomic mass is 127. The van der Waals surface area contributed by atoms with E-state index in [2.05, 4.69) is 33.2 Å². The van der Waals surface area contributed by atoms with E-state index in [1.54, 1.807) is 18.2 Å². The lowest BCUT2D eigenvalue weighted by Gasteiger charge is -2.07. The standard InChI is InChI=1S/C16H15IN2O4S/c1-10-2-7-13(24-10)16(22)18-8-15(21)23-9-14(20)19-12-5-3-11(17)4-6-12/h2-7H,8-9H2,1H3,(H,18,22)(H,19,20). The number of aryl methyl sites for hydroxylation is 1. The van der Waals surface area contributed by atoms with Gasteiger partial charge in [-0.1, -0.05) is 0 Å². The van der Waals surface area contributed by atoms with Crippen molar-refractivity contribution in [1.29, 1.82) is 0 Å². The molecule has 0 atom stereocenters. The molecule has 1 heterocycles. The summed E-state index contributed by atoms with van der Waals surface area (Å²) in [6, 6.07) is 10.7. The summed E-state index contributed by atoms with van der Waals surface area (Å²) in [6.45, 7) is 1.20. The number of amides is 2. The fourth-order valence-corrected chi connectivity index (χ4v) is 2.87. The minimum atomic E-state index is -0.672. The number of hydrogen-bond donors (Lipinski definition) is 2. The number of hydrogen-bond acceptors (Lipinski definition) is 5. The topological polar surface area (TPSA) is 84.5 Å². The lowest BCUT2D eigenvalue weighted by atomic mass is 10.3. The summed E-state index contributed by atoms with van der Waals surface area (Å²) in [5.74, 6) is -1.45. The van der Waals surface area contributed by atoms with Crippen LogP contribution < -0.4 is 10.6 Å². The lowest BCUT2D eigenvalue weighted by Crippen LogP contribution is -2.31. The molecule has 1 aromatic carbocycles. The minimum Gasteiger partial charge on any atom is -0.454 e. The maximum Gasteiger partial charge on any atom is 0.325 e. The van der Waals surface area contributed by atoms with Crippen LogP contribution in [0.15, 0.2) is 36.4 Å². The Labute approximate surface area is 156 Å². The van der Waals surface area contributed by atoms with Crippen LogP contribution in [0.1, 0.15) is 14.5 Å². The van der Waals surface area contributed by atoms with Crippen molar-refractivity contribution < 1.29 is 19.1 Å². The van der Waals surface area contributed by atoms with E-state index in [1.807, 2.05) is 25.1 Å². The second kappa shape index (κ2) is 8.78. The van der Waals surface area contributed by atoms with E-state index >= 15 is 0 Å². The normalized spacial score (nSPS) is 10.1. The first-order chi connectivity index (χ1) is 11.4. The van der Waals surface area contributed by atoms with Crippen LogP contribution in [0.25, 0.3) is 0 Å². The molecule has 2 amide bonds. The van der Waals surface area contributed by atoms with Crippen molar-refractivity contribution in [2.24, 2.45) is 0 Å². The van der Waals surface area contributed by atoms with Gasteiger partial charge in [0.2, 0.25) is 0 Å². The van der Waals surface area contributed by atoms with Crippen LogP contribution in [0.4, 0.5) is 5.69 Å². The minimum absolute atomic E-state index is 0.285. The molecule has 0 bridgehead atoms. The summed E-state index contributed by atoms with van der Waals surface area (Å²) >= 11 is 3.50. The van der Waals surface area contributed by atoms with Crippen LogP contribution in [0, 0.1) is 10.5 Å². The molecule has 6 nitrogen and oxygen atoms in total. The lowest BCUT2D eigenvalue weighted by molar-refractivity contribution is -0.146. The molecule has 2 N–H and O–H groups in total. The van der Waals surface area contributed by atoms with Gasteiger partial charge in [0.25, 0.3) is 11.8 Å². The Balaban J connectivity index is 1.69. The Hall–Kier alpha value is -1.94. The quantitative estimate of drug-likeness (QED) is 0.515. The maximum absolute atomic E-state index is 11.8. The van der Waals surface area contributed by atoms with Crippen LogP contribution in [0.3, 0.4) is 0 Å². The van der Waals surface area contributed by atoms with Crippen molar-refractivity contribution in [2.75, 3.05) is 18.5 Å². The van der Waals surface area contributed by atoms with Crippen LogP contribution in [-0.2, 0) is 14.3 Å². The van der Waals surface area contributed by atoms with E-state index in [0.717, 1.165) is 8.45 Å². The molecule has 0 radical (unpaired) electrons. The third-order valence-electron chi connectivity index (χ3n) is 2.85. The second-order valence-corrected chi connectivity index (χ2v) is 7.34. The highest BCUT2D eigenvalue weighted by Gasteiger charge is 2.12. The molecule has 2 aromatic rings.